The summed E-state index contributed by atoms with van der Waals surface area (Å²) in [6.45, 7) is 4.53. The van der Waals surface area contributed by atoms with Gasteiger partial charge in [0.1, 0.15) is 5.82 Å². The zero-order valence-corrected chi connectivity index (χ0v) is 17.6. The molecule has 0 bridgehead atoms. The summed E-state index contributed by atoms with van der Waals surface area (Å²) in [5.41, 5.74) is 2.54. The maximum absolute atomic E-state index is 13.6. The highest BCUT2D eigenvalue weighted by atomic mass is 32.2. The second-order valence-electron chi connectivity index (χ2n) is 7.07. The first-order chi connectivity index (χ1) is 14.5. The Morgan fingerprint density at radius 2 is 2.03 bits per heavy atom. The van der Waals surface area contributed by atoms with Crippen molar-refractivity contribution in [1.29, 1.82) is 0 Å². The van der Waals surface area contributed by atoms with Crippen LogP contribution in [0.2, 0.25) is 0 Å². The van der Waals surface area contributed by atoms with Crippen LogP contribution in [0, 0.1) is 12.7 Å². The van der Waals surface area contributed by atoms with Gasteiger partial charge in [-0.2, -0.15) is 4.98 Å². The van der Waals surface area contributed by atoms with Gasteiger partial charge in [0, 0.05) is 13.0 Å². The van der Waals surface area contributed by atoms with Gasteiger partial charge in [0.25, 0.3) is 5.56 Å². The lowest BCUT2D eigenvalue weighted by Gasteiger charge is -2.11. The van der Waals surface area contributed by atoms with E-state index < -0.39 is 5.82 Å². The third-order valence-corrected chi connectivity index (χ3v) is 5.57. The van der Waals surface area contributed by atoms with Crippen LogP contribution in [-0.2, 0) is 18.7 Å². The monoisotopic (exact) mass is 424 g/mol. The van der Waals surface area contributed by atoms with E-state index in [0.29, 0.717) is 41.1 Å². The quantitative estimate of drug-likeness (QED) is 0.321. The van der Waals surface area contributed by atoms with Crippen molar-refractivity contribution in [2.24, 2.45) is 0 Å². The van der Waals surface area contributed by atoms with Gasteiger partial charge >= 0.3 is 0 Å². The van der Waals surface area contributed by atoms with Crippen LogP contribution in [-0.4, -0.2) is 19.7 Å². The molecule has 2 aromatic heterocycles. The predicted molar refractivity (Wildman–Crippen MR) is 114 cm³/mol. The Labute approximate surface area is 177 Å². The van der Waals surface area contributed by atoms with Crippen molar-refractivity contribution in [3.05, 3.63) is 81.5 Å². The van der Waals surface area contributed by atoms with Crippen LogP contribution in [0.25, 0.3) is 10.9 Å². The number of fused-ring (bicyclic) bond motifs is 1. The molecule has 2 heterocycles. The number of halogens is 1. The van der Waals surface area contributed by atoms with Gasteiger partial charge in [0.05, 0.1) is 16.7 Å². The Bertz CT molecular complexity index is 1250. The number of rotatable bonds is 7. The summed E-state index contributed by atoms with van der Waals surface area (Å²) < 4.78 is 20.5. The minimum Gasteiger partial charge on any atom is -0.338 e. The van der Waals surface area contributed by atoms with E-state index in [0.717, 1.165) is 12.0 Å². The van der Waals surface area contributed by atoms with E-state index in [2.05, 4.69) is 21.2 Å². The molecular weight excluding hydrogens is 403 g/mol. The predicted octanol–water partition coefficient (Wildman–Crippen LogP) is 4.52. The molecule has 0 amide bonds. The SMILES string of the molecule is CCCn1c(SCc2nc(Cc3cccc(C)c3)no2)nc2ccc(F)cc2c1=O. The lowest BCUT2D eigenvalue weighted by molar-refractivity contribution is 0.385. The van der Waals surface area contributed by atoms with Crippen LogP contribution >= 0.6 is 11.8 Å². The Balaban J connectivity index is 1.55. The Kier molecular flexibility index (Phi) is 5.94. The van der Waals surface area contributed by atoms with Crippen molar-refractivity contribution >= 4 is 22.7 Å². The van der Waals surface area contributed by atoms with Gasteiger partial charge in [-0.3, -0.25) is 9.36 Å². The highest BCUT2D eigenvalue weighted by Crippen LogP contribution is 2.22. The molecule has 0 atom stereocenters. The zero-order valence-electron chi connectivity index (χ0n) is 16.8. The van der Waals surface area contributed by atoms with Gasteiger partial charge in [0.2, 0.25) is 5.89 Å². The lowest BCUT2D eigenvalue weighted by atomic mass is 10.1. The fourth-order valence-electron chi connectivity index (χ4n) is 3.26. The molecule has 0 radical (unpaired) electrons. The molecule has 4 rings (SSSR count). The normalized spacial score (nSPS) is 11.3. The molecule has 154 valence electrons. The molecule has 4 aromatic rings. The second kappa shape index (κ2) is 8.79. The molecule has 6 nitrogen and oxygen atoms in total. The minimum absolute atomic E-state index is 0.241. The number of nitrogens with zero attached hydrogens (tertiary/aromatic N) is 4. The van der Waals surface area contributed by atoms with Crippen molar-refractivity contribution in [2.75, 3.05) is 0 Å². The summed E-state index contributed by atoms with van der Waals surface area (Å²) in [4.78, 5) is 21.9. The van der Waals surface area contributed by atoms with Crippen LogP contribution < -0.4 is 5.56 Å². The second-order valence-corrected chi connectivity index (χ2v) is 8.01. The van der Waals surface area contributed by atoms with Crippen molar-refractivity contribution in [1.82, 2.24) is 19.7 Å². The first-order valence-electron chi connectivity index (χ1n) is 9.73. The molecule has 0 spiro atoms. The number of benzene rings is 2. The van der Waals surface area contributed by atoms with Crippen LogP contribution in [0.3, 0.4) is 0 Å². The largest absolute Gasteiger partial charge is 0.338 e. The minimum atomic E-state index is -0.447. The number of aromatic nitrogens is 4. The molecule has 0 saturated carbocycles. The molecule has 8 heteroatoms. The van der Waals surface area contributed by atoms with Crippen molar-refractivity contribution in [3.8, 4) is 0 Å². The smallest absolute Gasteiger partial charge is 0.262 e. The molecule has 0 aliphatic carbocycles. The Morgan fingerprint density at radius 1 is 1.17 bits per heavy atom. The van der Waals surface area contributed by atoms with Gasteiger partial charge in [-0.05, 0) is 37.1 Å². The van der Waals surface area contributed by atoms with E-state index in [1.165, 1.54) is 35.5 Å². The number of hydrogen-bond donors (Lipinski definition) is 0. The van der Waals surface area contributed by atoms with E-state index in [1.54, 1.807) is 4.57 Å². The van der Waals surface area contributed by atoms with E-state index >= 15 is 0 Å². The highest BCUT2D eigenvalue weighted by molar-refractivity contribution is 7.98. The molecule has 0 aliphatic rings. The zero-order chi connectivity index (χ0) is 21.1. The number of aryl methyl sites for hydroxylation is 1. The van der Waals surface area contributed by atoms with Gasteiger partial charge in [0.15, 0.2) is 11.0 Å². The molecule has 2 aromatic carbocycles. The highest BCUT2D eigenvalue weighted by Gasteiger charge is 2.14. The molecular formula is C22H21FN4O2S. The number of hydrogen-bond acceptors (Lipinski definition) is 6. The summed E-state index contributed by atoms with van der Waals surface area (Å²) >= 11 is 1.36. The number of thioether (sulfide) groups is 1. The van der Waals surface area contributed by atoms with Gasteiger partial charge in [-0.1, -0.05) is 53.7 Å². The standard InChI is InChI=1S/C22H21FN4O2S/c1-3-9-27-21(28)17-12-16(23)7-8-18(17)24-22(27)30-13-20-25-19(26-29-20)11-15-6-4-5-14(2)10-15/h4-8,10,12H,3,9,11,13H2,1-2H3. The average Bonchev–Trinajstić information content (AvgIpc) is 3.16. The lowest BCUT2D eigenvalue weighted by Crippen LogP contribution is -2.23. The molecule has 0 unspecified atom stereocenters. The third-order valence-electron chi connectivity index (χ3n) is 4.61. The maximum atomic E-state index is 13.6. The summed E-state index contributed by atoms with van der Waals surface area (Å²) in [6.07, 6.45) is 1.35. The first-order valence-corrected chi connectivity index (χ1v) is 10.7. The molecule has 30 heavy (non-hydrogen) atoms. The maximum Gasteiger partial charge on any atom is 0.262 e. The van der Waals surface area contributed by atoms with Gasteiger partial charge in [-0.15, -0.1) is 0 Å². The fraction of sp³-hybridized carbons (Fsp3) is 0.273. The molecule has 0 N–H and O–H groups in total. The van der Waals surface area contributed by atoms with Gasteiger partial charge < -0.3 is 4.52 Å². The molecule has 0 saturated heterocycles. The van der Waals surface area contributed by atoms with Gasteiger partial charge in [-0.25, -0.2) is 9.37 Å². The van der Waals surface area contributed by atoms with Crippen LogP contribution in [0.5, 0.6) is 0 Å². The van der Waals surface area contributed by atoms with Crippen LogP contribution in [0.15, 0.2) is 56.9 Å². The van der Waals surface area contributed by atoms with E-state index in [-0.39, 0.29) is 10.9 Å². The Morgan fingerprint density at radius 3 is 2.83 bits per heavy atom. The van der Waals surface area contributed by atoms with E-state index in [9.17, 15) is 9.18 Å². The summed E-state index contributed by atoms with van der Waals surface area (Å²) in [5, 5.41) is 4.90. The summed E-state index contributed by atoms with van der Waals surface area (Å²) in [5.74, 6) is 1.03. The Hall–Kier alpha value is -3.00. The molecule has 0 fully saturated rings. The topological polar surface area (TPSA) is 73.8 Å². The van der Waals surface area contributed by atoms with Crippen molar-refractivity contribution in [2.45, 2.75) is 44.1 Å². The summed E-state index contributed by atoms with van der Waals surface area (Å²) in [7, 11) is 0. The fourth-order valence-corrected chi connectivity index (χ4v) is 4.12. The average molecular weight is 425 g/mol. The van der Waals surface area contributed by atoms with Crippen molar-refractivity contribution < 1.29 is 8.91 Å². The van der Waals surface area contributed by atoms with E-state index in [1.807, 2.05) is 32.0 Å². The van der Waals surface area contributed by atoms with Crippen molar-refractivity contribution in [3.63, 3.8) is 0 Å². The van der Waals surface area contributed by atoms with Crippen LogP contribution in [0.4, 0.5) is 4.39 Å². The first kappa shape index (κ1) is 20.3. The summed E-state index contributed by atoms with van der Waals surface area (Å²) in [6, 6.07) is 12.2. The third kappa shape index (κ3) is 4.43. The van der Waals surface area contributed by atoms with E-state index in [4.69, 9.17) is 4.52 Å². The van der Waals surface area contributed by atoms with Crippen LogP contribution in [0.1, 0.15) is 36.2 Å². The molecule has 0 aliphatic heterocycles.